The number of hydrogen-bond donors (Lipinski definition) is 0. The van der Waals surface area contributed by atoms with E-state index in [9.17, 15) is 9.59 Å². The lowest BCUT2D eigenvalue weighted by atomic mass is 10.8. The van der Waals surface area contributed by atoms with Crippen molar-refractivity contribution >= 4 is 35.1 Å². The van der Waals surface area contributed by atoms with E-state index >= 15 is 0 Å². The third kappa shape index (κ3) is 62.4. The molecule has 4 nitrogen and oxygen atoms in total. The first-order chi connectivity index (χ1) is 6.45. The minimum atomic E-state index is -0.245. The predicted molar refractivity (Wildman–Crippen MR) is 56.6 cm³/mol. The molecule has 0 N–H and O–H groups in total. The van der Waals surface area contributed by atoms with Crippen LogP contribution >= 0.6 is 23.2 Å². The van der Waals surface area contributed by atoms with E-state index in [2.05, 4.69) is 9.47 Å². The Hall–Kier alpha value is -0.480. The Morgan fingerprint density at radius 3 is 1.43 bits per heavy atom. The van der Waals surface area contributed by atoms with Crippen molar-refractivity contribution in [1.29, 1.82) is 0 Å². The molecule has 0 aromatic rings. The molecule has 0 rings (SSSR count). The van der Waals surface area contributed by atoms with E-state index in [4.69, 9.17) is 23.2 Å². The number of carbonyl (C=O) groups is 2. The van der Waals surface area contributed by atoms with Gasteiger partial charge in [-0.2, -0.15) is 0 Å². The molecular formula is C8H16Cl2O4. The molecule has 0 spiro atoms. The molecule has 0 aliphatic carbocycles. The summed E-state index contributed by atoms with van der Waals surface area (Å²) in [4.78, 5) is 19.4. The van der Waals surface area contributed by atoms with Gasteiger partial charge in [-0.15, -0.1) is 23.2 Å². The van der Waals surface area contributed by atoms with Crippen molar-refractivity contribution in [2.24, 2.45) is 0 Å². The van der Waals surface area contributed by atoms with Gasteiger partial charge in [0.1, 0.15) is 0 Å². The highest BCUT2D eigenvalue weighted by Crippen LogP contribution is 1.73. The van der Waals surface area contributed by atoms with E-state index in [0.717, 1.165) is 0 Å². The van der Waals surface area contributed by atoms with Crippen LogP contribution in [0.5, 0.6) is 0 Å². The van der Waals surface area contributed by atoms with Crippen LogP contribution in [0.4, 0.5) is 0 Å². The molecule has 0 aromatic carbocycles. The second kappa shape index (κ2) is 18.3. The van der Waals surface area contributed by atoms with Crippen LogP contribution in [0, 0.1) is 0 Å². The molecule has 0 saturated heterocycles. The Balaban J connectivity index is -0.000000138. The molecule has 0 aromatic heterocycles. The quantitative estimate of drug-likeness (QED) is 0.526. The lowest BCUT2D eigenvalue weighted by molar-refractivity contribution is -0.140. The number of rotatable bonds is 1. The lowest BCUT2D eigenvalue weighted by Crippen LogP contribution is -1.95. The van der Waals surface area contributed by atoms with Crippen LogP contribution in [-0.2, 0) is 19.1 Å². The molecule has 0 aliphatic rings. The number of esters is 2. The van der Waals surface area contributed by atoms with Gasteiger partial charge in [-0.05, 0) is 6.92 Å². The largest absolute Gasteiger partial charge is 0.469 e. The van der Waals surface area contributed by atoms with Crippen molar-refractivity contribution in [1.82, 2.24) is 0 Å². The fourth-order valence-corrected chi connectivity index (χ4v) is 0.203. The molecule has 0 fully saturated rings. The first-order valence-electron chi connectivity index (χ1n) is 3.76. The first-order valence-corrected chi connectivity index (χ1v) is 4.82. The van der Waals surface area contributed by atoms with Gasteiger partial charge in [0.25, 0.3) is 0 Å². The highest BCUT2D eigenvalue weighted by molar-refractivity contribution is 6.40. The Morgan fingerprint density at radius 2 is 1.43 bits per heavy atom. The van der Waals surface area contributed by atoms with Crippen LogP contribution in [0.3, 0.4) is 0 Å². The van der Waals surface area contributed by atoms with Gasteiger partial charge in [0.05, 0.1) is 19.1 Å². The minimum absolute atomic E-state index is 0.194. The van der Waals surface area contributed by atoms with Crippen molar-refractivity contribution in [2.45, 2.75) is 20.8 Å². The zero-order valence-corrected chi connectivity index (χ0v) is 10.3. The molecule has 86 valence electrons. The number of hydrogen-bond acceptors (Lipinski definition) is 4. The maximum Gasteiger partial charge on any atom is 0.302 e. The van der Waals surface area contributed by atoms with Gasteiger partial charge in [0.15, 0.2) is 0 Å². The summed E-state index contributed by atoms with van der Waals surface area (Å²) in [5.41, 5.74) is 0. The monoisotopic (exact) mass is 246 g/mol. The van der Waals surface area contributed by atoms with Crippen LogP contribution < -0.4 is 0 Å². The molecule has 0 atom stereocenters. The third-order valence-corrected chi connectivity index (χ3v) is 0.635. The molecule has 0 aliphatic heterocycles. The van der Waals surface area contributed by atoms with Crippen molar-refractivity contribution in [3.8, 4) is 0 Å². The van der Waals surface area contributed by atoms with Gasteiger partial charge >= 0.3 is 11.9 Å². The smallest absolute Gasteiger partial charge is 0.302 e. The molecule has 0 saturated carbocycles. The molecule has 0 unspecified atom stereocenters. The normalized spacial score (nSPS) is 7.00. The van der Waals surface area contributed by atoms with Crippen molar-refractivity contribution in [3.63, 3.8) is 0 Å². The van der Waals surface area contributed by atoms with E-state index < -0.39 is 0 Å². The average Bonchev–Trinajstić information content (AvgIpc) is 2.06. The molecule has 0 amide bonds. The number of ether oxygens (including phenoxy) is 2. The van der Waals surface area contributed by atoms with E-state index in [1.54, 1.807) is 6.92 Å². The highest BCUT2D eigenvalue weighted by Gasteiger charge is 1.81. The lowest BCUT2D eigenvalue weighted by Gasteiger charge is -1.89. The van der Waals surface area contributed by atoms with Gasteiger partial charge in [-0.3, -0.25) is 9.59 Å². The maximum atomic E-state index is 9.82. The number of alkyl halides is 2. The molecule has 0 radical (unpaired) electrons. The van der Waals surface area contributed by atoms with Crippen molar-refractivity contribution in [3.05, 3.63) is 0 Å². The van der Waals surface area contributed by atoms with Crippen LogP contribution in [0.15, 0.2) is 0 Å². The van der Waals surface area contributed by atoms with Crippen LogP contribution in [0.2, 0.25) is 0 Å². The summed E-state index contributed by atoms with van der Waals surface area (Å²) >= 11 is 9.53. The molecule has 0 bridgehead atoms. The molecule has 0 heterocycles. The van der Waals surface area contributed by atoms with Gasteiger partial charge < -0.3 is 9.47 Å². The summed E-state index contributed by atoms with van der Waals surface area (Å²) in [7, 11) is 1.35. The SMILES string of the molecule is CCOC(C)=O.COC(C)=O.ClCCl. The Morgan fingerprint density at radius 1 is 1.14 bits per heavy atom. The van der Waals surface area contributed by atoms with E-state index in [-0.39, 0.29) is 17.3 Å². The van der Waals surface area contributed by atoms with Crippen LogP contribution in [0.25, 0.3) is 0 Å². The third-order valence-electron chi connectivity index (χ3n) is 0.635. The zero-order valence-electron chi connectivity index (χ0n) is 8.80. The summed E-state index contributed by atoms with van der Waals surface area (Å²) in [5, 5.41) is 0.194. The van der Waals surface area contributed by atoms with E-state index in [1.807, 2.05) is 0 Å². The summed E-state index contributed by atoms with van der Waals surface area (Å²) in [6, 6.07) is 0. The average molecular weight is 247 g/mol. The molecule has 6 heteroatoms. The summed E-state index contributed by atoms with van der Waals surface area (Å²) in [5.74, 6) is -0.456. The molecule has 14 heavy (non-hydrogen) atoms. The maximum absolute atomic E-state index is 9.82. The fourth-order valence-electron chi connectivity index (χ4n) is 0.203. The second-order valence-electron chi connectivity index (χ2n) is 1.72. The standard InChI is InChI=1S/C4H8O2.C3H6O2.CH2Cl2/c1-3-6-4(2)5;1-3(4)5-2;2-1-3/h3H2,1-2H3;1-2H3;1H2. The second-order valence-corrected chi connectivity index (χ2v) is 2.53. The first kappa shape index (κ1) is 19.1. The fraction of sp³-hybridized carbons (Fsp3) is 0.750. The van der Waals surface area contributed by atoms with Gasteiger partial charge in [-0.25, -0.2) is 0 Å². The van der Waals surface area contributed by atoms with Crippen molar-refractivity contribution < 1.29 is 19.1 Å². The summed E-state index contributed by atoms with van der Waals surface area (Å²) < 4.78 is 8.51. The van der Waals surface area contributed by atoms with Gasteiger partial charge in [-0.1, -0.05) is 0 Å². The number of halogens is 2. The Labute approximate surface area is 94.5 Å². The summed E-state index contributed by atoms with van der Waals surface area (Å²) in [6.07, 6.45) is 0. The zero-order chi connectivity index (χ0) is 12.0. The van der Waals surface area contributed by atoms with Gasteiger partial charge in [0.2, 0.25) is 0 Å². The predicted octanol–water partition coefficient (Wildman–Crippen LogP) is 2.17. The minimum Gasteiger partial charge on any atom is -0.469 e. The molecular weight excluding hydrogens is 231 g/mol. The highest BCUT2D eigenvalue weighted by atomic mass is 35.5. The number of carbonyl (C=O) groups excluding carboxylic acids is 2. The summed E-state index contributed by atoms with van der Waals surface area (Å²) in [6.45, 7) is 5.01. The van der Waals surface area contributed by atoms with Crippen LogP contribution in [-0.4, -0.2) is 31.0 Å². The topological polar surface area (TPSA) is 52.6 Å². The number of methoxy groups -OCH3 is 1. The van der Waals surface area contributed by atoms with Crippen molar-refractivity contribution in [2.75, 3.05) is 19.1 Å². The van der Waals surface area contributed by atoms with Crippen LogP contribution in [0.1, 0.15) is 20.8 Å². The van der Waals surface area contributed by atoms with E-state index in [1.165, 1.54) is 21.0 Å². The Bertz CT molecular complexity index is 139. The van der Waals surface area contributed by atoms with E-state index in [0.29, 0.717) is 6.61 Å². The van der Waals surface area contributed by atoms with Gasteiger partial charge in [0, 0.05) is 13.8 Å². The Kier molecular flexibility index (Phi) is 25.1.